The molecule has 0 aliphatic heterocycles. The molecule has 3 heterocycles. The molecule has 0 unspecified atom stereocenters. The maximum Gasteiger partial charge on any atom is 0.164 e. The highest BCUT2D eigenvalue weighted by Gasteiger charge is 2.53. The van der Waals surface area contributed by atoms with Crippen LogP contribution in [0.3, 0.4) is 0 Å². The average molecular weight is 880 g/mol. The summed E-state index contributed by atoms with van der Waals surface area (Å²) in [6.45, 7) is 0. The monoisotopic (exact) mass is 879 g/mol. The van der Waals surface area contributed by atoms with Gasteiger partial charge < -0.3 is 8.83 Å². The predicted molar refractivity (Wildman–Crippen MR) is 278 cm³/mol. The fourth-order valence-electron chi connectivity index (χ4n) is 11.6. The maximum atomic E-state index is 7.01. The smallest absolute Gasteiger partial charge is 0.164 e. The van der Waals surface area contributed by atoms with Crippen LogP contribution in [0.5, 0.6) is 0 Å². The quantitative estimate of drug-likeness (QED) is 0.172. The Kier molecular flexibility index (Phi) is 7.93. The third-order valence-corrected chi connectivity index (χ3v) is 14.5. The first-order valence-electron chi connectivity index (χ1n) is 23.4. The number of hydrogen-bond acceptors (Lipinski definition) is 5. The van der Waals surface area contributed by atoms with E-state index in [-0.39, 0.29) is 0 Å². The van der Waals surface area contributed by atoms with E-state index in [9.17, 15) is 0 Å². The van der Waals surface area contributed by atoms with Crippen molar-refractivity contribution in [1.29, 1.82) is 0 Å². The molecule has 0 bridgehead atoms. The summed E-state index contributed by atoms with van der Waals surface area (Å²) in [5.41, 5.74) is 19.7. The van der Waals surface area contributed by atoms with Crippen molar-refractivity contribution in [2.24, 2.45) is 0 Å². The van der Waals surface area contributed by atoms with E-state index in [1.165, 1.54) is 44.5 Å². The highest BCUT2D eigenvalue weighted by Crippen LogP contribution is 2.65. The van der Waals surface area contributed by atoms with Crippen LogP contribution in [0.2, 0.25) is 0 Å². The van der Waals surface area contributed by atoms with Crippen LogP contribution in [-0.4, -0.2) is 15.0 Å². The van der Waals surface area contributed by atoms with Crippen molar-refractivity contribution >= 4 is 43.9 Å². The van der Waals surface area contributed by atoms with Crippen molar-refractivity contribution in [2.75, 3.05) is 0 Å². The average Bonchev–Trinajstić information content (AvgIpc) is 4.15. The zero-order chi connectivity index (χ0) is 45.2. The number of benzene rings is 10. The van der Waals surface area contributed by atoms with Crippen molar-refractivity contribution < 1.29 is 8.83 Å². The lowest BCUT2D eigenvalue weighted by atomic mass is 9.69. The minimum Gasteiger partial charge on any atom is -0.456 e. The molecule has 0 amide bonds. The molecule has 0 atom stereocenters. The van der Waals surface area contributed by atoms with Crippen molar-refractivity contribution in [3.63, 3.8) is 0 Å². The van der Waals surface area contributed by atoms with Crippen molar-refractivity contribution in [1.82, 2.24) is 15.0 Å². The zero-order valence-electron chi connectivity index (χ0n) is 37.0. The van der Waals surface area contributed by atoms with Crippen LogP contribution >= 0.6 is 0 Å². The van der Waals surface area contributed by atoms with E-state index in [2.05, 4.69) is 188 Å². The van der Waals surface area contributed by atoms with Gasteiger partial charge in [-0.2, -0.15) is 0 Å². The molecule has 320 valence electrons. The Morgan fingerprint density at radius 3 is 1.49 bits per heavy atom. The molecule has 5 heteroatoms. The second-order valence-corrected chi connectivity index (χ2v) is 18.2. The van der Waals surface area contributed by atoms with Crippen molar-refractivity contribution in [3.05, 3.63) is 247 Å². The Labute approximate surface area is 396 Å². The number of fused-ring (bicyclic) bond motifs is 17. The fourth-order valence-corrected chi connectivity index (χ4v) is 11.6. The fraction of sp³-hybridized carbons (Fsp3) is 0.0156. The van der Waals surface area contributed by atoms with Gasteiger partial charge in [0.15, 0.2) is 17.5 Å². The SMILES string of the molecule is c1ccc(-c2cc(-c3ccccc3)cc(-c3nc(-c4ccccc4)nc(-c4ccc5c(c4)oc4ccc6c(c45)C4(c5ccccc5-c5ccccc54)c4cc5oc7ccccc7c5cc4-6)n3)c2)cc1. The van der Waals surface area contributed by atoms with Crippen LogP contribution in [-0.2, 0) is 5.41 Å². The van der Waals surface area contributed by atoms with Gasteiger partial charge in [0.2, 0.25) is 0 Å². The van der Waals surface area contributed by atoms with Gasteiger partial charge in [0.25, 0.3) is 0 Å². The van der Waals surface area contributed by atoms with Crippen molar-refractivity contribution in [3.8, 4) is 78.7 Å². The van der Waals surface area contributed by atoms with E-state index in [1.807, 2.05) is 36.4 Å². The number of rotatable bonds is 5. The summed E-state index contributed by atoms with van der Waals surface area (Å²) in [5.74, 6) is 1.75. The summed E-state index contributed by atoms with van der Waals surface area (Å²) in [4.78, 5) is 15.7. The van der Waals surface area contributed by atoms with Crippen LogP contribution in [0.15, 0.2) is 233 Å². The van der Waals surface area contributed by atoms with Gasteiger partial charge in [-0.1, -0.05) is 170 Å². The second-order valence-electron chi connectivity index (χ2n) is 18.2. The summed E-state index contributed by atoms with van der Waals surface area (Å²) in [6, 6.07) is 79.5. The first-order valence-corrected chi connectivity index (χ1v) is 23.4. The van der Waals surface area contributed by atoms with Crippen LogP contribution < -0.4 is 0 Å². The Hall–Kier alpha value is -9.19. The number of hydrogen-bond donors (Lipinski definition) is 0. The largest absolute Gasteiger partial charge is 0.456 e. The molecule has 1 spiro atoms. The third-order valence-electron chi connectivity index (χ3n) is 14.5. The standard InChI is InChI=1S/C64H37N3O2/c1-4-16-38(17-5-1)42-32-43(39-18-6-2-7-19-39)34-44(33-42)63-66-61(40-20-8-3-9-21-40)65-62(67-63)41-28-29-49-57(35-41)69-56-31-30-48-50-36-51-47-24-12-15-27-55(47)68-58(51)37-54(50)64(60(48)59(49)56)52-25-13-10-22-45(52)46-23-11-14-26-53(46)64/h1-37H. The summed E-state index contributed by atoms with van der Waals surface area (Å²) in [6.07, 6.45) is 0. The van der Waals surface area contributed by atoms with E-state index in [0.717, 1.165) is 82.8 Å². The second kappa shape index (κ2) is 14.4. The lowest BCUT2D eigenvalue weighted by molar-refractivity contribution is 0.666. The Morgan fingerprint density at radius 2 is 0.812 bits per heavy atom. The van der Waals surface area contributed by atoms with Gasteiger partial charge in [-0.05, 0) is 121 Å². The van der Waals surface area contributed by atoms with Gasteiger partial charge in [-0.25, -0.2) is 15.0 Å². The summed E-state index contributed by atoms with van der Waals surface area (Å²) < 4.78 is 13.7. The Balaban J connectivity index is 0.960. The van der Waals surface area contributed by atoms with Crippen molar-refractivity contribution in [2.45, 2.75) is 5.41 Å². The molecule has 13 aromatic rings. The van der Waals surface area contributed by atoms with Gasteiger partial charge in [-0.3, -0.25) is 0 Å². The normalized spacial score (nSPS) is 13.0. The topological polar surface area (TPSA) is 65.0 Å². The molecule has 3 aromatic heterocycles. The van der Waals surface area contributed by atoms with Crippen LogP contribution in [0.25, 0.3) is 123 Å². The highest BCUT2D eigenvalue weighted by atomic mass is 16.3. The molecule has 0 fully saturated rings. The molecule has 0 radical (unpaired) electrons. The minimum absolute atomic E-state index is 0.565. The molecule has 15 rings (SSSR count). The number of aromatic nitrogens is 3. The van der Waals surface area contributed by atoms with Gasteiger partial charge in [-0.15, -0.1) is 0 Å². The first-order chi connectivity index (χ1) is 34.2. The van der Waals surface area contributed by atoms with E-state index in [0.29, 0.717) is 17.5 Å². The van der Waals surface area contributed by atoms with E-state index >= 15 is 0 Å². The van der Waals surface area contributed by atoms with Gasteiger partial charge >= 0.3 is 0 Å². The molecular formula is C64H37N3O2. The maximum absolute atomic E-state index is 7.01. The molecule has 0 saturated heterocycles. The van der Waals surface area contributed by atoms with E-state index < -0.39 is 5.41 Å². The number of furan rings is 2. The zero-order valence-corrected chi connectivity index (χ0v) is 37.0. The van der Waals surface area contributed by atoms with Gasteiger partial charge in [0.1, 0.15) is 22.3 Å². The Morgan fingerprint density at radius 1 is 0.275 bits per heavy atom. The van der Waals surface area contributed by atoms with Crippen LogP contribution in [0, 0.1) is 0 Å². The lowest BCUT2D eigenvalue weighted by Gasteiger charge is -2.31. The van der Waals surface area contributed by atoms with Crippen LogP contribution in [0.4, 0.5) is 0 Å². The number of para-hydroxylation sites is 1. The van der Waals surface area contributed by atoms with Crippen LogP contribution in [0.1, 0.15) is 22.3 Å². The molecule has 0 N–H and O–H groups in total. The molecule has 5 nitrogen and oxygen atoms in total. The molecule has 10 aromatic carbocycles. The van der Waals surface area contributed by atoms with Gasteiger partial charge in [0, 0.05) is 38.2 Å². The molecule has 69 heavy (non-hydrogen) atoms. The Bertz CT molecular complexity index is 4140. The van der Waals surface area contributed by atoms with E-state index in [4.69, 9.17) is 23.8 Å². The summed E-state index contributed by atoms with van der Waals surface area (Å²) in [7, 11) is 0. The molecular weight excluding hydrogens is 843 g/mol. The summed E-state index contributed by atoms with van der Waals surface area (Å²) >= 11 is 0. The highest BCUT2D eigenvalue weighted by molar-refractivity contribution is 6.16. The minimum atomic E-state index is -0.624. The predicted octanol–water partition coefficient (Wildman–Crippen LogP) is 16.3. The number of nitrogens with zero attached hydrogens (tertiary/aromatic N) is 3. The van der Waals surface area contributed by atoms with Gasteiger partial charge in [0.05, 0.1) is 5.41 Å². The summed E-state index contributed by atoms with van der Waals surface area (Å²) in [5, 5.41) is 4.37. The first kappa shape index (κ1) is 38.0. The molecule has 0 saturated carbocycles. The third kappa shape index (κ3) is 5.50. The molecule has 2 aliphatic carbocycles. The van der Waals surface area contributed by atoms with E-state index in [1.54, 1.807) is 0 Å². The molecule has 2 aliphatic rings. The lowest BCUT2D eigenvalue weighted by Crippen LogP contribution is -2.26.